The number of carbonyl (C=O) groups is 1. The van der Waals surface area contributed by atoms with E-state index in [2.05, 4.69) is 37.6 Å². The summed E-state index contributed by atoms with van der Waals surface area (Å²) in [4.78, 5) is 17.2. The number of nitrogens with one attached hydrogen (secondary N) is 2. The quantitative estimate of drug-likeness (QED) is 0.294. The van der Waals surface area contributed by atoms with Crippen molar-refractivity contribution < 1.29 is 9.53 Å². The molecule has 1 heterocycles. The van der Waals surface area contributed by atoms with E-state index in [1.54, 1.807) is 29.5 Å². The van der Waals surface area contributed by atoms with E-state index in [0.29, 0.717) is 17.9 Å². The standard InChI is InChI=1S/C24H20BrN3O2S2/c1-2-30-20-12-9-16(14-18(20)25)23(29)28-24(31)26-17-10-7-15(8-11-17)13-22-27-19-5-3-4-6-21(19)32-22/h3-12,14H,2,13H2,1H3,(H2,26,28,29,31). The van der Waals surface area contributed by atoms with Crippen molar-refractivity contribution in [2.45, 2.75) is 13.3 Å². The van der Waals surface area contributed by atoms with Crippen molar-refractivity contribution >= 4 is 66.4 Å². The van der Waals surface area contributed by atoms with Gasteiger partial charge in [0.25, 0.3) is 5.91 Å². The van der Waals surface area contributed by atoms with Gasteiger partial charge in [0.1, 0.15) is 5.75 Å². The van der Waals surface area contributed by atoms with E-state index in [-0.39, 0.29) is 11.0 Å². The van der Waals surface area contributed by atoms with Crippen LogP contribution < -0.4 is 15.4 Å². The van der Waals surface area contributed by atoms with E-state index in [9.17, 15) is 4.79 Å². The SMILES string of the molecule is CCOc1ccc(C(=O)NC(=S)Nc2ccc(Cc3nc4ccccc4s3)cc2)cc1Br. The Hall–Kier alpha value is -2.81. The van der Waals surface area contributed by atoms with Gasteiger partial charge < -0.3 is 10.1 Å². The first-order valence-corrected chi connectivity index (χ1v) is 12.0. The lowest BCUT2D eigenvalue weighted by atomic mass is 10.1. The Morgan fingerprint density at radius 3 is 2.62 bits per heavy atom. The molecule has 0 saturated heterocycles. The Labute approximate surface area is 204 Å². The molecule has 0 bridgehead atoms. The minimum Gasteiger partial charge on any atom is -0.493 e. The summed E-state index contributed by atoms with van der Waals surface area (Å²) in [5.41, 5.74) is 3.47. The molecule has 3 aromatic carbocycles. The molecule has 4 aromatic rings. The van der Waals surface area contributed by atoms with Gasteiger partial charge in [-0.3, -0.25) is 10.1 Å². The number of para-hydroxylation sites is 1. The Morgan fingerprint density at radius 1 is 1.12 bits per heavy atom. The topological polar surface area (TPSA) is 63.2 Å². The molecule has 0 aliphatic heterocycles. The molecule has 0 aliphatic carbocycles. The Kier molecular flexibility index (Phi) is 7.14. The third-order valence-electron chi connectivity index (χ3n) is 4.63. The van der Waals surface area contributed by atoms with Crippen LogP contribution in [0.2, 0.25) is 0 Å². The maximum atomic E-state index is 12.5. The van der Waals surface area contributed by atoms with Crippen molar-refractivity contribution in [2.75, 3.05) is 11.9 Å². The third-order valence-corrected chi connectivity index (χ3v) is 6.49. The van der Waals surface area contributed by atoms with Crippen LogP contribution in [0.4, 0.5) is 5.69 Å². The predicted molar refractivity (Wildman–Crippen MR) is 138 cm³/mol. The number of benzene rings is 3. The van der Waals surface area contributed by atoms with E-state index in [1.165, 1.54) is 4.70 Å². The number of amides is 1. The molecule has 0 spiro atoms. The first-order valence-electron chi connectivity index (χ1n) is 10.00. The molecular weight excluding hydrogens is 506 g/mol. The van der Waals surface area contributed by atoms with E-state index >= 15 is 0 Å². The van der Waals surface area contributed by atoms with E-state index in [4.69, 9.17) is 17.0 Å². The molecule has 0 radical (unpaired) electrons. The van der Waals surface area contributed by atoms with Crippen molar-refractivity contribution in [3.8, 4) is 5.75 Å². The lowest BCUT2D eigenvalue weighted by Crippen LogP contribution is -2.34. The fraction of sp³-hybridized carbons (Fsp3) is 0.125. The van der Waals surface area contributed by atoms with Gasteiger partial charge in [0.2, 0.25) is 0 Å². The molecule has 8 heteroatoms. The molecule has 0 saturated carbocycles. The lowest BCUT2D eigenvalue weighted by molar-refractivity contribution is 0.0977. The highest BCUT2D eigenvalue weighted by Crippen LogP contribution is 2.26. The second-order valence-electron chi connectivity index (χ2n) is 6.94. The van der Waals surface area contributed by atoms with Gasteiger partial charge in [-0.25, -0.2) is 4.98 Å². The second kappa shape index (κ2) is 10.2. The highest BCUT2D eigenvalue weighted by Gasteiger charge is 2.11. The van der Waals surface area contributed by atoms with Gasteiger partial charge in [0, 0.05) is 17.7 Å². The van der Waals surface area contributed by atoms with E-state index in [1.807, 2.05) is 49.4 Å². The smallest absolute Gasteiger partial charge is 0.257 e. The first kappa shape index (κ1) is 22.4. The van der Waals surface area contributed by atoms with Gasteiger partial charge in [-0.15, -0.1) is 11.3 Å². The Morgan fingerprint density at radius 2 is 1.91 bits per heavy atom. The summed E-state index contributed by atoms with van der Waals surface area (Å²) in [7, 11) is 0. The van der Waals surface area contributed by atoms with Crippen LogP contribution in [0.25, 0.3) is 10.2 Å². The van der Waals surface area contributed by atoms with E-state index in [0.717, 1.165) is 32.7 Å². The van der Waals surface area contributed by atoms with Gasteiger partial charge >= 0.3 is 0 Å². The van der Waals surface area contributed by atoms with Crippen LogP contribution in [0.3, 0.4) is 0 Å². The highest BCUT2D eigenvalue weighted by atomic mass is 79.9. The summed E-state index contributed by atoms with van der Waals surface area (Å²) in [6.07, 6.45) is 0.771. The summed E-state index contributed by atoms with van der Waals surface area (Å²) < 4.78 is 7.39. The monoisotopic (exact) mass is 525 g/mol. The van der Waals surface area contributed by atoms with Crippen LogP contribution in [0, 0.1) is 0 Å². The molecule has 0 unspecified atom stereocenters. The molecule has 5 nitrogen and oxygen atoms in total. The number of fused-ring (bicyclic) bond motifs is 1. The van der Waals surface area contributed by atoms with Gasteiger partial charge in [-0.1, -0.05) is 24.3 Å². The number of anilines is 1. The molecule has 162 valence electrons. The lowest BCUT2D eigenvalue weighted by Gasteiger charge is -2.11. The van der Waals surface area contributed by atoms with Gasteiger partial charge in [-0.2, -0.15) is 0 Å². The molecule has 0 atom stereocenters. The zero-order chi connectivity index (χ0) is 22.5. The fourth-order valence-electron chi connectivity index (χ4n) is 3.13. The number of halogens is 1. The van der Waals surface area contributed by atoms with Gasteiger partial charge in [0.05, 0.1) is 26.3 Å². The average molecular weight is 526 g/mol. The number of ether oxygens (including phenoxy) is 1. The van der Waals surface area contributed by atoms with Crippen LogP contribution in [0.15, 0.2) is 71.2 Å². The normalized spacial score (nSPS) is 10.7. The maximum Gasteiger partial charge on any atom is 0.257 e. The predicted octanol–water partition coefficient (Wildman–Crippen LogP) is 6.18. The molecule has 0 fully saturated rings. The van der Waals surface area contributed by atoms with Crippen molar-refractivity contribution in [3.05, 3.63) is 87.3 Å². The number of aromatic nitrogens is 1. The highest BCUT2D eigenvalue weighted by molar-refractivity contribution is 9.10. The average Bonchev–Trinajstić information content (AvgIpc) is 3.19. The molecular formula is C24H20BrN3O2S2. The minimum atomic E-state index is -0.293. The molecule has 1 amide bonds. The number of thiocarbonyl (C=S) groups is 1. The largest absolute Gasteiger partial charge is 0.493 e. The molecule has 2 N–H and O–H groups in total. The second-order valence-corrected chi connectivity index (χ2v) is 9.31. The number of nitrogens with zero attached hydrogens (tertiary/aromatic N) is 1. The van der Waals surface area contributed by atoms with E-state index < -0.39 is 0 Å². The third kappa shape index (κ3) is 5.51. The summed E-state index contributed by atoms with van der Waals surface area (Å²) in [6, 6.07) is 21.2. The number of rotatable bonds is 6. The van der Waals surface area contributed by atoms with Crippen molar-refractivity contribution in [2.24, 2.45) is 0 Å². The number of hydrogen-bond donors (Lipinski definition) is 2. The van der Waals surface area contributed by atoms with Crippen LogP contribution in [0.1, 0.15) is 27.9 Å². The Bertz CT molecular complexity index is 1240. The summed E-state index contributed by atoms with van der Waals surface area (Å²) in [5, 5.41) is 7.07. The van der Waals surface area contributed by atoms with Gasteiger partial charge in [0.15, 0.2) is 5.11 Å². The maximum absolute atomic E-state index is 12.5. The van der Waals surface area contributed by atoms with Crippen LogP contribution in [-0.2, 0) is 6.42 Å². The molecule has 32 heavy (non-hydrogen) atoms. The minimum absolute atomic E-state index is 0.235. The zero-order valence-corrected chi connectivity index (χ0v) is 20.4. The molecule has 0 aliphatic rings. The van der Waals surface area contributed by atoms with Gasteiger partial charge in [-0.05, 0) is 83.1 Å². The summed E-state index contributed by atoms with van der Waals surface area (Å²) in [5.74, 6) is 0.398. The van der Waals surface area contributed by atoms with Crippen LogP contribution in [0.5, 0.6) is 5.75 Å². The first-order chi connectivity index (χ1) is 15.5. The van der Waals surface area contributed by atoms with Crippen molar-refractivity contribution in [1.82, 2.24) is 10.3 Å². The van der Waals surface area contributed by atoms with Crippen LogP contribution in [-0.4, -0.2) is 22.6 Å². The number of carbonyl (C=O) groups excluding carboxylic acids is 1. The Balaban J connectivity index is 1.34. The number of hydrogen-bond acceptors (Lipinski definition) is 5. The fourth-order valence-corrected chi connectivity index (χ4v) is 4.83. The zero-order valence-electron chi connectivity index (χ0n) is 17.2. The van der Waals surface area contributed by atoms with Crippen molar-refractivity contribution in [3.63, 3.8) is 0 Å². The molecule has 1 aromatic heterocycles. The van der Waals surface area contributed by atoms with Crippen molar-refractivity contribution in [1.29, 1.82) is 0 Å². The molecule has 4 rings (SSSR count). The summed E-state index contributed by atoms with van der Waals surface area (Å²) in [6.45, 7) is 2.46. The number of thiazole rings is 1. The van der Waals surface area contributed by atoms with Crippen LogP contribution >= 0.6 is 39.5 Å². The summed E-state index contributed by atoms with van der Waals surface area (Å²) >= 11 is 10.4.